The maximum absolute atomic E-state index is 12.9. The molecule has 1 aliphatic rings. The zero-order chi connectivity index (χ0) is 20.3. The Hall–Kier alpha value is -2.38. The maximum atomic E-state index is 12.9. The summed E-state index contributed by atoms with van der Waals surface area (Å²) in [6, 6.07) is 12.3. The molecule has 2 aromatic rings. The first-order chi connectivity index (χ1) is 13.3. The Morgan fingerprint density at radius 1 is 1.00 bits per heavy atom. The van der Waals surface area contributed by atoms with Crippen LogP contribution in [0.1, 0.15) is 28.4 Å². The van der Waals surface area contributed by atoms with Gasteiger partial charge in [0.25, 0.3) is 5.91 Å². The smallest absolute Gasteiger partial charge is 0.254 e. The van der Waals surface area contributed by atoms with Gasteiger partial charge in [0.15, 0.2) is 0 Å². The third-order valence-electron chi connectivity index (χ3n) is 4.92. The Kier molecular flexibility index (Phi) is 6.05. The largest absolute Gasteiger partial charge is 0.494 e. The van der Waals surface area contributed by atoms with Gasteiger partial charge >= 0.3 is 0 Å². The van der Waals surface area contributed by atoms with Crippen LogP contribution in [0.2, 0.25) is 0 Å². The van der Waals surface area contributed by atoms with Crippen molar-refractivity contribution >= 4 is 15.9 Å². The van der Waals surface area contributed by atoms with Crippen LogP contribution in [0.4, 0.5) is 0 Å². The standard InChI is InChI=1S/C21H26N2O4S/c1-4-27-18-7-9-19(10-8-18)28(25,26)23-13-11-22(12-14-23)21(24)20-15-16(2)5-6-17(20)3/h5-10,15H,4,11-14H2,1-3H3. The molecular weight excluding hydrogens is 376 g/mol. The molecular formula is C21H26N2O4S. The van der Waals surface area contributed by atoms with Crippen LogP contribution in [-0.4, -0.2) is 56.3 Å². The predicted molar refractivity (Wildman–Crippen MR) is 108 cm³/mol. The van der Waals surface area contributed by atoms with Gasteiger partial charge in [-0.25, -0.2) is 8.42 Å². The summed E-state index contributed by atoms with van der Waals surface area (Å²) in [4.78, 5) is 14.8. The molecule has 1 aliphatic heterocycles. The van der Waals surface area contributed by atoms with Gasteiger partial charge in [-0.15, -0.1) is 0 Å². The lowest BCUT2D eigenvalue weighted by Crippen LogP contribution is -2.50. The van der Waals surface area contributed by atoms with Crippen LogP contribution in [0.15, 0.2) is 47.4 Å². The minimum atomic E-state index is -3.58. The number of amides is 1. The van der Waals surface area contributed by atoms with Crippen LogP contribution in [0.5, 0.6) is 5.75 Å². The van der Waals surface area contributed by atoms with Crippen LogP contribution in [-0.2, 0) is 10.0 Å². The van der Waals surface area contributed by atoms with E-state index in [0.717, 1.165) is 11.1 Å². The van der Waals surface area contributed by atoms with Gasteiger partial charge in [0.2, 0.25) is 10.0 Å². The summed E-state index contributed by atoms with van der Waals surface area (Å²) in [5.41, 5.74) is 2.65. The third kappa shape index (κ3) is 4.20. The van der Waals surface area contributed by atoms with E-state index < -0.39 is 10.0 Å². The second kappa shape index (κ2) is 8.32. The molecule has 0 N–H and O–H groups in total. The van der Waals surface area contributed by atoms with Crippen LogP contribution in [0, 0.1) is 13.8 Å². The number of carbonyl (C=O) groups is 1. The fraction of sp³-hybridized carbons (Fsp3) is 0.381. The van der Waals surface area contributed by atoms with Crippen LogP contribution in [0.25, 0.3) is 0 Å². The summed E-state index contributed by atoms with van der Waals surface area (Å²) in [5, 5.41) is 0. The summed E-state index contributed by atoms with van der Waals surface area (Å²) < 4.78 is 32.6. The number of hydrogen-bond acceptors (Lipinski definition) is 4. The predicted octanol–water partition coefficient (Wildman–Crippen LogP) is 2.85. The molecule has 6 nitrogen and oxygen atoms in total. The van der Waals surface area contributed by atoms with E-state index in [0.29, 0.717) is 31.0 Å². The van der Waals surface area contributed by atoms with Gasteiger partial charge in [-0.05, 0) is 56.7 Å². The lowest BCUT2D eigenvalue weighted by molar-refractivity contribution is 0.0697. The van der Waals surface area contributed by atoms with Crippen molar-refractivity contribution in [2.45, 2.75) is 25.7 Å². The second-order valence-electron chi connectivity index (χ2n) is 6.92. The van der Waals surface area contributed by atoms with Crippen molar-refractivity contribution < 1.29 is 17.9 Å². The van der Waals surface area contributed by atoms with Gasteiger partial charge in [-0.2, -0.15) is 4.31 Å². The Labute approximate surface area is 166 Å². The Bertz CT molecular complexity index is 947. The molecule has 0 bridgehead atoms. The van der Waals surface area contributed by atoms with Crippen molar-refractivity contribution in [2.24, 2.45) is 0 Å². The lowest BCUT2D eigenvalue weighted by atomic mass is 10.0. The van der Waals surface area contributed by atoms with E-state index in [1.807, 2.05) is 39.0 Å². The SMILES string of the molecule is CCOc1ccc(S(=O)(=O)N2CCN(C(=O)c3cc(C)ccc3C)CC2)cc1. The fourth-order valence-electron chi connectivity index (χ4n) is 3.29. The van der Waals surface area contributed by atoms with Crippen LogP contribution >= 0.6 is 0 Å². The number of sulfonamides is 1. The molecule has 3 rings (SSSR count). The molecule has 0 aromatic heterocycles. The van der Waals surface area contributed by atoms with Crippen LogP contribution in [0.3, 0.4) is 0 Å². The highest BCUT2D eigenvalue weighted by Crippen LogP contribution is 2.22. The van der Waals surface area contributed by atoms with Crippen LogP contribution < -0.4 is 4.74 Å². The molecule has 1 fully saturated rings. The summed E-state index contributed by atoms with van der Waals surface area (Å²) in [7, 11) is -3.58. The van der Waals surface area contributed by atoms with E-state index in [4.69, 9.17) is 4.74 Å². The number of piperazine rings is 1. The molecule has 0 unspecified atom stereocenters. The second-order valence-corrected chi connectivity index (χ2v) is 8.86. The highest BCUT2D eigenvalue weighted by atomic mass is 32.2. The number of nitrogens with zero attached hydrogens (tertiary/aromatic N) is 2. The number of ether oxygens (including phenoxy) is 1. The fourth-order valence-corrected chi connectivity index (χ4v) is 4.71. The minimum Gasteiger partial charge on any atom is -0.494 e. The molecule has 1 saturated heterocycles. The third-order valence-corrected chi connectivity index (χ3v) is 6.83. The number of aryl methyl sites for hydroxylation is 2. The summed E-state index contributed by atoms with van der Waals surface area (Å²) in [6.45, 7) is 7.60. The monoisotopic (exact) mass is 402 g/mol. The number of hydrogen-bond donors (Lipinski definition) is 0. The van der Waals surface area contributed by atoms with E-state index in [9.17, 15) is 13.2 Å². The average Bonchev–Trinajstić information content (AvgIpc) is 2.70. The van der Waals surface area contributed by atoms with Crippen molar-refractivity contribution in [1.82, 2.24) is 9.21 Å². The first-order valence-corrected chi connectivity index (χ1v) is 10.9. The molecule has 0 spiro atoms. The van der Waals surface area contributed by atoms with E-state index >= 15 is 0 Å². The topological polar surface area (TPSA) is 66.9 Å². The molecule has 7 heteroatoms. The van der Waals surface area contributed by atoms with Gasteiger partial charge in [0.1, 0.15) is 5.75 Å². The van der Waals surface area contributed by atoms with Crippen molar-refractivity contribution in [3.8, 4) is 5.75 Å². The first kappa shape index (κ1) is 20.4. The van der Waals surface area contributed by atoms with Crippen molar-refractivity contribution in [3.63, 3.8) is 0 Å². The average molecular weight is 403 g/mol. The van der Waals surface area contributed by atoms with E-state index in [1.54, 1.807) is 29.2 Å². The Morgan fingerprint density at radius 3 is 2.25 bits per heavy atom. The molecule has 0 saturated carbocycles. The molecule has 0 aliphatic carbocycles. The number of benzene rings is 2. The highest BCUT2D eigenvalue weighted by Gasteiger charge is 2.30. The summed E-state index contributed by atoms with van der Waals surface area (Å²) in [5.74, 6) is 0.602. The minimum absolute atomic E-state index is 0.0423. The van der Waals surface area contributed by atoms with E-state index in [1.165, 1.54) is 4.31 Å². The number of carbonyl (C=O) groups excluding carboxylic acids is 1. The van der Waals surface area contributed by atoms with E-state index in [2.05, 4.69) is 0 Å². The molecule has 1 amide bonds. The zero-order valence-corrected chi connectivity index (χ0v) is 17.3. The quantitative estimate of drug-likeness (QED) is 0.771. The van der Waals surface area contributed by atoms with Gasteiger partial charge in [-0.1, -0.05) is 17.7 Å². The molecule has 28 heavy (non-hydrogen) atoms. The van der Waals surface area contributed by atoms with E-state index in [-0.39, 0.29) is 23.9 Å². The normalized spacial score (nSPS) is 15.5. The van der Waals surface area contributed by atoms with Gasteiger partial charge in [-0.3, -0.25) is 4.79 Å². The molecule has 150 valence electrons. The molecule has 2 aromatic carbocycles. The van der Waals surface area contributed by atoms with Crippen molar-refractivity contribution in [3.05, 3.63) is 59.2 Å². The molecule has 0 atom stereocenters. The van der Waals surface area contributed by atoms with Gasteiger partial charge in [0.05, 0.1) is 11.5 Å². The molecule has 0 radical (unpaired) electrons. The first-order valence-electron chi connectivity index (χ1n) is 9.42. The summed E-state index contributed by atoms with van der Waals surface area (Å²) in [6.07, 6.45) is 0. The van der Waals surface area contributed by atoms with Crippen molar-refractivity contribution in [1.29, 1.82) is 0 Å². The van der Waals surface area contributed by atoms with Gasteiger partial charge in [0, 0.05) is 31.7 Å². The Balaban J connectivity index is 1.68. The maximum Gasteiger partial charge on any atom is 0.254 e. The lowest BCUT2D eigenvalue weighted by Gasteiger charge is -2.34. The summed E-state index contributed by atoms with van der Waals surface area (Å²) >= 11 is 0. The number of rotatable bonds is 5. The van der Waals surface area contributed by atoms with Gasteiger partial charge < -0.3 is 9.64 Å². The molecule has 1 heterocycles. The Morgan fingerprint density at radius 2 is 1.64 bits per heavy atom. The zero-order valence-electron chi connectivity index (χ0n) is 16.5. The highest BCUT2D eigenvalue weighted by molar-refractivity contribution is 7.89. The van der Waals surface area contributed by atoms with Crippen molar-refractivity contribution in [2.75, 3.05) is 32.8 Å².